The third-order valence-electron chi connectivity index (χ3n) is 5.00. The van der Waals surface area contributed by atoms with E-state index in [-0.39, 0.29) is 25.3 Å². The van der Waals surface area contributed by atoms with E-state index in [2.05, 4.69) is 0 Å². The molecule has 7 nitrogen and oxygen atoms in total. The lowest BCUT2D eigenvalue weighted by molar-refractivity contribution is -0.192. The van der Waals surface area contributed by atoms with Gasteiger partial charge in [0.05, 0.1) is 20.1 Å². The Morgan fingerprint density at radius 1 is 1.14 bits per heavy atom. The summed E-state index contributed by atoms with van der Waals surface area (Å²) in [6, 6.07) is 7.27. The van der Waals surface area contributed by atoms with Gasteiger partial charge in [-0.05, 0) is 44.9 Å². The molecule has 1 aliphatic heterocycles. The van der Waals surface area contributed by atoms with Crippen LogP contribution in [0.2, 0.25) is 0 Å². The minimum absolute atomic E-state index is 0.0170. The Morgan fingerprint density at radius 3 is 2.25 bits per heavy atom. The first-order valence-corrected chi connectivity index (χ1v) is 9.30. The topological polar surface area (TPSA) is 82.1 Å². The third kappa shape index (κ3) is 4.29. The summed E-state index contributed by atoms with van der Waals surface area (Å²) in [4.78, 5) is 38.9. The molecule has 1 amide bonds. The Labute approximate surface area is 165 Å². The van der Waals surface area contributed by atoms with Crippen LogP contribution in [-0.2, 0) is 30.4 Å². The van der Waals surface area contributed by atoms with E-state index in [4.69, 9.17) is 14.2 Å². The molecule has 0 aliphatic carbocycles. The van der Waals surface area contributed by atoms with Crippen LogP contribution in [0, 0.1) is 5.92 Å². The average Bonchev–Trinajstić information content (AvgIpc) is 2.65. The van der Waals surface area contributed by atoms with Gasteiger partial charge in [-0.2, -0.15) is 0 Å². The maximum Gasteiger partial charge on any atom is 0.332 e. The van der Waals surface area contributed by atoms with Gasteiger partial charge < -0.3 is 19.1 Å². The molecule has 1 heterocycles. The molecule has 0 radical (unpaired) electrons. The first-order valence-electron chi connectivity index (χ1n) is 9.30. The van der Waals surface area contributed by atoms with E-state index < -0.39 is 29.0 Å². The molecular weight excluding hydrogens is 362 g/mol. The number of amides is 1. The number of benzene rings is 1. The number of β-lactam (4-membered cyclic amide) rings is 1. The van der Waals surface area contributed by atoms with Crippen molar-refractivity contribution in [3.8, 4) is 5.75 Å². The molecule has 1 aromatic rings. The van der Waals surface area contributed by atoms with Crippen LogP contribution in [0.15, 0.2) is 24.3 Å². The smallest absolute Gasteiger partial charge is 0.332 e. The lowest BCUT2D eigenvalue weighted by atomic mass is 9.70. The van der Waals surface area contributed by atoms with Crippen molar-refractivity contribution in [3.05, 3.63) is 29.8 Å². The predicted molar refractivity (Wildman–Crippen MR) is 103 cm³/mol. The molecule has 0 aromatic heterocycles. The van der Waals surface area contributed by atoms with Gasteiger partial charge in [0.15, 0.2) is 5.54 Å². The second-order valence-electron chi connectivity index (χ2n) is 8.00. The van der Waals surface area contributed by atoms with Crippen LogP contribution < -0.4 is 4.74 Å². The molecule has 28 heavy (non-hydrogen) atoms. The van der Waals surface area contributed by atoms with E-state index in [0.29, 0.717) is 5.75 Å². The molecule has 0 bridgehead atoms. The van der Waals surface area contributed by atoms with Gasteiger partial charge in [0.25, 0.3) is 0 Å². The molecule has 0 spiro atoms. The van der Waals surface area contributed by atoms with E-state index in [9.17, 15) is 14.4 Å². The SMILES string of the molecule is COC(=O)[C@]1(CCC(=O)OC(C)(C)C)[C@H](C)C(=O)N1Cc1ccc(OC)cc1. The molecule has 2 atom stereocenters. The quantitative estimate of drug-likeness (QED) is 0.525. The molecule has 0 unspecified atom stereocenters. The summed E-state index contributed by atoms with van der Waals surface area (Å²) in [6.07, 6.45) is 0.167. The minimum atomic E-state index is -1.18. The van der Waals surface area contributed by atoms with Gasteiger partial charge in [-0.3, -0.25) is 9.59 Å². The number of rotatable bonds is 7. The van der Waals surface area contributed by atoms with Crippen molar-refractivity contribution in [3.63, 3.8) is 0 Å². The lowest BCUT2D eigenvalue weighted by Crippen LogP contribution is -2.73. The molecule has 1 aliphatic rings. The normalized spacial score (nSPS) is 21.7. The second kappa shape index (κ2) is 8.20. The van der Waals surface area contributed by atoms with E-state index in [1.165, 1.54) is 12.0 Å². The monoisotopic (exact) mass is 391 g/mol. The van der Waals surface area contributed by atoms with E-state index in [1.807, 2.05) is 12.1 Å². The van der Waals surface area contributed by atoms with Crippen LogP contribution in [0.3, 0.4) is 0 Å². The predicted octanol–water partition coefficient (Wildman–Crippen LogP) is 2.71. The Balaban J connectivity index is 2.22. The van der Waals surface area contributed by atoms with Crippen molar-refractivity contribution in [2.75, 3.05) is 14.2 Å². The maximum atomic E-state index is 12.7. The number of ether oxygens (including phenoxy) is 3. The van der Waals surface area contributed by atoms with Crippen molar-refractivity contribution in [1.82, 2.24) is 4.90 Å². The molecular formula is C21H29NO6. The number of esters is 2. The summed E-state index contributed by atoms with van der Waals surface area (Å²) in [5.74, 6) is -0.939. The van der Waals surface area contributed by atoms with Crippen LogP contribution in [0.5, 0.6) is 5.75 Å². The second-order valence-corrected chi connectivity index (χ2v) is 8.00. The van der Waals surface area contributed by atoms with Crippen molar-refractivity contribution < 1.29 is 28.6 Å². The Bertz CT molecular complexity index is 736. The average molecular weight is 391 g/mol. The Kier molecular flexibility index (Phi) is 6.37. The van der Waals surface area contributed by atoms with E-state index in [1.54, 1.807) is 46.9 Å². The molecule has 0 N–H and O–H groups in total. The third-order valence-corrected chi connectivity index (χ3v) is 5.00. The van der Waals surface area contributed by atoms with Crippen LogP contribution >= 0.6 is 0 Å². The number of carbonyl (C=O) groups is 3. The maximum absolute atomic E-state index is 12.7. The van der Waals surface area contributed by atoms with Gasteiger partial charge in [-0.15, -0.1) is 0 Å². The zero-order chi connectivity index (χ0) is 21.1. The highest BCUT2D eigenvalue weighted by molar-refractivity contribution is 6.01. The summed E-state index contributed by atoms with van der Waals surface area (Å²) in [7, 11) is 2.87. The fraction of sp³-hybridized carbons (Fsp3) is 0.571. The fourth-order valence-corrected chi connectivity index (χ4v) is 3.54. The number of hydrogen-bond donors (Lipinski definition) is 0. The summed E-state index contributed by atoms with van der Waals surface area (Å²) < 4.78 is 15.5. The minimum Gasteiger partial charge on any atom is -0.497 e. The zero-order valence-corrected chi connectivity index (χ0v) is 17.4. The van der Waals surface area contributed by atoms with Crippen LogP contribution in [0.1, 0.15) is 46.1 Å². The first-order chi connectivity index (χ1) is 13.0. The highest BCUT2D eigenvalue weighted by atomic mass is 16.6. The standard InChI is InChI=1S/C21H29NO6/c1-14-18(24)22(13-15-7-9-16(26-5)10-8-15)21(14,19(25)27-6)12-11-17(23)28-20(2,3)4/h7-10,14H,11-13H2,1-6H3/t14-,21+/m1/s1. The van der Waals surface area contributed by atoms with E-state index >= 15 is 0 Å². The van der Waals surface area contributed by atoms with Crippen LogP contribution in [-0.4, -0.2) is 48.1 Å². The molecule has 1 fully saturated rings. The van der Waals surface area contributed by atoms with Crippen LogP contribution in [0.4, 0.5) is 0 Å². The number of likely N-dealkylation sites (tertiary alicyclic amines) is 1. The summed E-state index contributed by atoms with van der Waals surface area (Å²) >= 11 is 0. The van der Waals surface area contributed by atoms with Gasteiger partial charge in [-0.25, -0.2) is 4.79 Å². The Hall–Kier alpha value is -2.57. The van der Waals surface area contributed by atoms with Crippen molar-refractivity contribution in [2.45, 2.75) is 58.2 Å². The van der Waals surface area contributed by atoms with Crippen molar-refractivity contribution >= 4 is 17.8 Å². The fourth-order valence-electron chi connectivity index (χ4n) is 3.54. The highest BCUT2D eigenvalue weighted by Gasteiger charge is 2.63. The molecule has 2 rings (SSSR count). The highest BCUT2D eigenvalue weighted by Crippen LogP contribution is 2.43. The Morgan fingerprint density at radius 2 is 1.75 bits per heavy atom. The summed E-state index contributed by atoms with van der Waals surface area (Å²) in [6.45, 7) is 7.29. The van der Waals surface area contributed by atoms with Crippen molar-refractivity contribution in [1.29, 1.82) is 0 Å². The number of methoxy groups -OCH3 is 2. The molecule has 0 saturated carbocycles. The summed E-state index contributed by atoms with van der Waals surface area (Å²) in [5, 5.41) is 0. The van der Waals surface area contributed by atoms with Crippen molar-refractivity contribution in [2.24, 2.45) is 5.92 Å². The summed E-state index contributed by atoms with van der Waals surface area (Å²) in [5.41, 5.74) is -0.936. The van der Waals surface area contributed by atoms with Crippen LogP contribution in [0.25, 0.3) is 0 Å². The van der Waals surface area contributed by atoms with Gasteiger partial charge in [-0.1, -0.05) is 19.1 Å². The van der Waals surface area contributed by atoms with Gasteiger partial charge in [0.1, 0.15) is 11.4 Å². The van der Waals surface area contributed by atoms with Gasteiger partial charge in [0.2, 0.25) is 5.91 Å². The molecule has 1 saturated heterocycles. The van der Waals surface area contributed by atoms with Gasteiger partial charge >= 0.3 is 11.9 Å². The lowest BCUT2D eigenvalue weighted by Gasteiger charge is -2.54. The number of hydrogen-bond acceptors (Lipinski definition) is 6. The zero-order valence-electron chi connectivity index (χ0n) is 17.4. The number of nitrogens with zero attached hydrogens (tertiary/aromatic N) is 1. The number of carbonyl (C=O) groups excluding carboxylic acids is 3. The molecule has 154 valence electrons. The molecule has 1 aromatic carbocycles. The van der Waals surface area contributed by atoms with Gasteiger partial charge in [0, 0.05) is 13.0 Å². The van der Waals surface area contributed by atoms with E-state index in [0.717, 1.165) is 5.56 Å². The molecule has 7 heteroatoms. The first kappa shape index (κ1) is 21.7. The largest absolute Gasteiger partial charge is 0.497 e.